The predicted octanol–water partition coefficient (Wildman–Crippen LogP) is 1.81. The van der Waals surface area contributed by atoms with Crippen molar-refractivity contribution in [2.24, 2.45) is 0 Å². The van der Waals surface area contributed by atoms with Gasteiger partial charge in [0.15, 0.2) is 0 Å². The van der Waals surface area contributed by atoms with E-state index >= 15 is 0 Å². The largest absolute Gasteiger partial charge is 0.311 e. The zero-order valence-electron chi connectivity index (χ0n) is 9.92. The molecule has 0 amide bonds. The summed E-state index contributed by atoms with van der Waals surface area (Å²) in [6.45, 7) is 9.32. The normalized spacial score (nSPS) is 31.7. The van der Waals surface area contributed by atoms with Gasteiger partial charge in [-0.05, 0) is 39.2 Å². The van der Waals surface area contributed by atoms with E-state index < -0.39 is 0 Å². The van der Waals surface area contributed by atoms with Crippen molar-refractivity contribution >= 4 is 11.8 Å². The molecule has 0 spiro atoms. The molecule has 1 heterocycles. The number of rotatable bonds is 4. The van der Waals surface area contributed by atoms with E-state index in [-0.39, 0.29) is 0 Å². The molecular weight excluding hydrogens is 192 g/mol. The Morgan fingerprint density at radius 2 is 2.21 bits per heavy atom. The number of hydrogen-bond acceptors (Lipinski definition) is 3. The lowest BCUT2D eigenvalue weighted by Crippen LogP contribution is -2.57. The molecule has 3 heteroatoms. The summed E-state index contributed by atoms with van der Waals surface area (Å²) in [5.41, 5.74) is 0. The Morgan fingerprint density at radius 1 is 1.50 bits per heavy atom. The van der Waals surface area contributed by atoms with Crippen LogP contribution in [0.2, 0.25) is 0 Å². The van der Waals surface area contributed by atoms with Crippen molar-refractivity contribution < 1.29 is 0 Å². The Balaban J connectivity index is 2.38. The lowest BCUT2D eigenvalue weighted by atomic mass is 10.1. The van der Waals surface area contributed by atoms with Crippen molar-refractivity contribution in [3.8, 4) is 0 Å². The van der Waals surface area contributed by atoms with Crippen molar-refractivity contribution in [3.63, 3.8) is 0 Å². The summed E-state index contributed by atoms with van der Waals surface area (Å²) >= 11 is 1.95. The molecule has 2 nitrogen and oxygen atoms in total. The Kier molecular flexibility index (Phi) is 5.28. The molecule has 0 aromatic rings. The van der Waals surface area contributed by atoms with Crippen LogP contribution >= 0.6 is 11.8 Å². The number of thioether (sulfide) groups is 1. The van der Waals surface area contributed by atoms with Gasteiger partial charge in [-0.15, -0.1) is 0 Å². The van der Waals surface area contributed by atoms with Crippen LogP contribution in [0.15, 0.2) is 0 Å². The highest BCUT2D eigenvalue weighted by atomic mass is 32.2. The van der Waals surface area contributed by atoms with Gasteiger partial charge in [-0.1, -0.05) is 0 Å². The second-order valence-corrected chi connectivity index (χ2v) is 5.47. The fraction of sp³-hybridized carbons (Fsp3) is 1.00. The molecule has 14 heavy (non-hydrogen) atoms. The summed E-state index contributed by atoms with van der Waals surface area (Å²) < 4.78 is 0. The van der Waals surface area contributed by atoms with E-state index in [1.165, 1.54) is 18.7 Å². The van der Waals surface area contributed by atoms with Crippen molar-refractivity contribution in [2.75, 3.05) is 25.1 Å². The zero-order valence-corrected chi connectivity index (χ0v) is 10.7. The van der Waals surface area contributed by atoms with Crippen molar-refractivity contribution in [2.45, 2.75) is 45.3 Å². The van der Waals surface area contributed by atoms with E-state index in [9.17, 15) is 0 Å². The van der Waals surface area contributed by atoms with Crippen LogP contribution in [0.4, 0.5) is 0 Å². The minimum atomic E-state index is 0.655. The van der Waals surface area contributed by atoms with Gasteiger partial charge < -0.3 is 5.32 Å². The van der Waals surface area contributed by atoms with Crippen LogP contribution in [0.1, 0.15) is 27.2 Å². The fourth-order valence-electron chi connectivity index (χ4n) is 2.12. The molecule has 84 valence electrons. The van der Waals surface area contributed by atoms with Crippen LogP contribution in [0, 0.1) is 0 Å². The van der Waals surface area contributed by atoms with E-state index in [4.69, 9.17) is 0 Å². The molecule has 0 aromatic heterocycles. The first-order valence-corrected chi connectivity index (χ1v) is 7.02. The Morgan fingerprint density at radius 3 is 2.86 bits per heavy atom. The van der Waals surface area contributed by atoms with Gasteiger partial charge in [0.25, 0.3) is 0 Å². The molecule has 0 saturated carbocycles. The molecule has 3 atom stereocenters. The maximum absolute atomic E-state index is 3.53. The summed E-state index contributed by atoms with van der Waals surface area (Å²) in [5.74, 6) is 1.28. The van der Waals surface area contributed by atoms with Crippen LogP contribution in [0.3, 0.4) is 0 Å². The third-order valence-corrected chi connectivity index (χ3v) is 3.76. The lowest BCUT2D eigenvalue weighted by Gasteiger charge is -2.41. The summed E-state index contributed by atoms with van der Waals surface area (Å²) in [5, 5.41) is 3.53. The van der Waals surface area contributed by atoms with Crippen LogP contribution in [0.5, 0.6) is 0 Å². The Hall–Kier alpha value is 0.270. The molecule has 0 radical (unpaired) electrons. The molecular formula is C11H24N2S. The Bertz CT molecular complexity index is 163. The van der Waals surface area contributed by atoms with E-state index in [2.05, 4.69) is 37.2 Å². The zero-order chi connectivity index (χ0) is 10.6. The molecule has 1 aliphatic heterocycles. The van der Waals surface area contributed by atoms with Crippen molar-refractivity contribution in [1.29, 1.82) is 0 Å². The highest BCUT2D eigenvalue weighted by Crippen LogP contribution is 2.14. The smallest absolute Gasteiger partial charge is 0.0195 e. The van der Waals surface area contributed by atoms with Crippen LogP contribution in [-0.2, 0) is 0 Å². The molecule has 1 saturated heterocycles. The minimum Gasteiger partial charge on any atom is -0.311 e. The van der Waals surface area contributed by atoms with Gasteiger partial charge in [0.05, 0.1) is 0 Å². The van der Waals surface area contributed by atoms with Crippen LogP contribution in [-0.4, -0.2) is 48.1 Å². The lowest BCUT2D eigenvalue weighted by molar-refractivity contribution is 0.102. The average molecular weight is 216 g/mol. The molecule has 0 aliphatic carbocycles. The van der Waals surface area contributed by atoms with E-state index in [0.29, 0.717) is 12.1 Å². The highest BCUT2D eigenvalue weighted by molar-refractivity contribution is 7.98. The number of nitrogens with zero attached hydrogens (tertiary/aromatic N) is 1. The van der Waals surface area contributed by atoms with Crippen molar-refractivity contribution in [1.82, 2.24) is 10.2 Å². The molecule has 3 unspecified atom stereocenters. The quantitative estimate of drug-likeness (QED) is 0.771. The maximum atomic E-state index is 3.53. The summed E-state index contributed by atoms with van der Waals surface area (Å²) in [7, 11) is 0. The minimum absolute atomic E-state index is 0.655. The van der Waals surface area contributed by atoms with Gasteiger partial charge in [-0.3, -0.25) is 4.90 Å². The predicted molar refractivity (Wildman–Crippen MR) is 66.1 cm³/mol. The third-order valence-electron chi connectivity index (χ3n) is 3.12. The second kappa shape index (κ2) is 5.99. The van der Waals surface area contributed by atoms with Crippen LogP contribution in [0.25, 0.3) is 0 Å². The first-order valence-electron chi connectivity index (χ1n) is 5.63. The van der Waals surface area contributed by atoms with Gasteiger partial charge in [-0.25, -0.2) is 0 Å². The van der Waals surface area contributed by atoms with Gasteiger partial charge in [0.1, 0.15) is 0 Å². The Labute approximate surface area is 92.8 Å². The SMILES string of the molecule is CSCCC(C)N1CC(C)NCC1C. The number of hydrogen-bond donors (Lipinski definition) is 1. The van der Waals surface area contributed by atoms with E-state index in [0.717, 1.165) is 12.6 Å². The van der Waals surface area contributed by atoms with Gasteiger partial charge in [-0.2, -0.15) is 11.8 Å². The van der Waals surface area contributed by atoms with Crippen LogP contribution < -0.4 is 5.32 Å². The summed E-state index contributed by atoms with van der Waals surface area (Å²) in [6.07, 6.45) is 3.51. The molecule has 0 aromatic carbocycles. The molecule has 1 rings (SSSR count). The first kappa shape index (κ1) is 12.3. The molecule has 1 fully saturated rings. The monoisotopic (exact) mass is 216 g/mol. The topological polar surface area (TPSA) is 15.3 Å². The summed E-state index contributed by atoms with van der Waals surface area (Å²) in [6, 6.07) is 2.09. The van der Waals surface area contributed by atoms with E-state index in [1.54, 1.807) is 0 Å². The number of nitrogens with one attached hydrogen (secondary N) is 1. The molecule has 1 aliphatic rings. The van der Waals surface area contributed by atoms with Gasteiger partial charge in [0.2, 0.25) is 0 Å². The highest BCUT2D eigenvalue weighted by Gasteiger charge is 2.25. The maximum Gasteiger partial charge on any atom is 0.0195 e. The fourth-order valence-corrected chi connectivity index (χ4v) is 2.70. The van der Waals surface area contributed by atoms with E-state index in [1.807, 2.05) is 11.8 Å². The molecule has 1 N–H and O–H groups in total. The van der Waals surface area contributed by atoms with Gasteiger partial charge in [0, 0.05) is 31.2 Å². The second-order valence-electron chi connectivity index (χ2n) is 4.49. The summed E-state index contributed by atoms with van der Waals surface area (Å²) in [4.78, 5) is 2.65. The third kappa shape index (κ3) is 3.44. The molecule has 0 bridgehead atoms. The average Bonchev–Trinajstić information content (AvgIpc) is 2.18. The number of piperazine rings is 1. The standard InChI is InChI=1S/C11H24N2S/c1-9-8-13(11(3)7-12-9)10(2)5-6-14-4/h9-12H,5-8H2,1-4H3. The van der Waals surface area contributed by atoms with Gasteiger partial charge >= 0.3 is 0 Å². The van der Waals surface area contributed by atoms with Crippen molar-refractivity contribution in [3.05, 3.63) is 0 Å². The first-order chi connectivity index (χ1) is 6.65.